The Kier molecular flexibility index (Phi) is 11.8. The highest BCUT2D eigenvalue weighted by atomic mass is 127. The van der Waals surface area contributed by atoms with Crippen molar-refractivity contribution in [1.82, 2.24) is 10.6 Å². The van der Waals surface area contributed by atoms with E-state index < -0.39 is 0 Å². The number of anilines is 1. The standard InChI is InChI=1S/C22H38N4O.HI/c1-4-23-21(25-18-22(15-17-27)13-6-5-7-14-22)24-16-12-19-8-10-20(11-9-19)26(2)3;/h8-11,27H,4-7,12-18H2,1-3H3,(H2,23,24,25);1H. The number of aliphatic hydroxyl groups excluding tert-OH is 1. The van der Waals surface area contributed by atoms with Crippen LogP contribution in [0, 0.1) is 5.41 Å². The molecule has 0 saturated heterocycles. The number of hydrogen-bond donors (Lipinski definition) is 3. The molecule has 0 aliphatic heterocycles. The lowest BCUT2D eigenvalue weighted by molar-refractivity contribution is 0.137. The van der Waals surface area contributed by atoms with Crippen LogP contribution in [0.5, 0.6) is 0 Å². The topological polar surface area (TPSA) is 59.9 Å². The predicted octanol–water partition coefficient (Wildman–Crippen LogP) is 3.80. The van der Waals surface area contributed by atoms with Gasteiger partial charge in [0.1, 0.15) is 0 Å². The van der Waals surface area contributed by atoms with Gasteiger partial charge in [-0.25, -0.2) is 0 Å². The molecule has 1 fully saturated rings. The number of guanidine groups is 1. The molecule has 0 radical (unpaired) electrons. The third-order valence-electron chi connectivity index (χ3n) is 5.63. The highest BCUT2D eigenvalue weighted by Gasteiger charge is 2.31. The molecule has 5 nitrogen and oxygen atoms in total. The molecule has 160 valence electrons. The van der Waals surface area contributed by atoms with E-state index in [0.29, 0.717) is 0 Å². The molecule has 1 aliphatic rings. The second-order valence-electron chi connectivity index (χ2n) is 7.97. The maximum atomic E-state index is 9.49. The zero-order valence-electron chi connectivity index (χ0n) is 17.8. The van der Waals surface area contributed by atoms with Crippen molar-refractivity contribution in [1.29, 1.82) is 0 Å². The van der Waals surface area contributed by atoms with Crippen LogP contribution < -0.4 is 15.5 Å². The third kappa shape index (κ3) is 8.15. The Hall–Kier alpha value is -1.02. The van der Waals surface area contributed by atoms with E-state index in [0.717, 1.165) is 38.4 Å². The normalized spacial score (nSPS) is 16.2. The summed E-state index contributed by atoms with van der Waals surface area (Å²) < 4.78 is 0. The number of rotatable bonds is 9. The summed E-state index contributed by atoms with van der Waals surface area (Å²) in [6.07, 6.45) is 8.07. The highest BCUT2D eigenvalue weighted by molar-refractivity contribution is 14.0. The molecule has 0 heterocycles. The molecule has 0 aromatic heterocycles. The number of nitrogens with zero attached hydrogens (tertiary/aromatic N) is 2. The first-order valence-electron chi connectivity index (χ1n) is 10.5. The van der Waals surface area contributed by atoms with Gasteiger partial charge >= 0.3 is 0 Å². The van der Waals surface area contributed by atoms with E-state index in [9.17, 15) is 5.11 Å². The van der Waals surface area contributed by atoms with Gasteiger partial charge in [0, 0.05) is 46.0 Å². The molecule has 3 N–H and O–H groups in total. The van der Waals surface area contributed by atoms with Crippen molar-refractivity contribution < 1.29 is 5.11 Å². The van der Waals surface area contributed by atoms with Crippen LogP contribution in [0.1, 0.15) is 51.0 Å². The lowest BCUT2D eigenvalue weighted by atomic mass is 9.72. The maximum Gasteiger partial charge on any atom is 0.191 e. The minimum atomic E-state index is 0. The summed E-state index contributed by atoms with van der Waals surface area (Å²) in [6, 6.07) is 8.71. The molecule has 2 rings (SSSR count). The van der Waals surface area contributed by atoms with Crippen LogP contribution in [0.4, 0.5) is 5.69 Å². The predicted molar refractivity (Wildman–Crippen MR) is 131 cm³/mol. The van der Waals surface area contributed by atoms with Crippen molar-refractivity contribution in [3.05, 3.63) is 29.8 Å². The molecule has 0 amide bonds. The smallest absolute Gasteiger partial charge is 0.191 e. The van der Waals surface area contributed by atoms with Crippen LogP contribution in [0.15, 0.2) is 29.3 Å². The fourth-order valence-electron chi connectivity index (χ4n) is 3.90. The van der Waals surface area contributed by atoms with E-state index in [-0.39, 0.29) is 36.0 Å². The van der Waals surface area contributed by atoms with Crippen molar-refractivity contribution in [2.75, 3.05) is 45.2 Å². The molecule has 1 aromatic carbocycles. The van der Waals surface area contributed by atoms with Crippen molar-refractivity contribution in [2.45, 2.75) is 51.9 Å². The van der Waals surface area contributed by atoms with Crippen molar-refractivity contribution in [3.8, 4) is 0 Å². The first-order valence-corrected chi connectivity index (χ1v) is 10.5. The monoisotopic (exact) mass is 502 g/mol. The number of nitrogens with one attached hydrogen (secondary N) is 2. The minimum Gasteiger partial charge on any atom is -0.396 e. The summed E-state index contributed by atoms with van der Waals surface area (Å²) in [4.78, 5) is 6.99. The van der Waals surface area contributed by atoms with Gasteiger partial charge in [0.15, 0.2) is 5.96 Å². The number of benzene rings is 1. The second kappa shape index (κ2) is 13.2. The van der Waals surface area contributed by atoms with E-state index in [4.69, 9.17) is 4.99 Å². The first kappa shape index (κ1) is 25.0. The SMILES string of the molecule is CCNC(=NCC1(CCO)CCCCC1)NCCc1ccc(N(C)C)cc1.I. The van der Waals surface area contributed by atoms with Gasteiger partial charge in [-0.15, -0.1) is 24.0 Å². The number of aliphatic hydroxyl groups is 1. The van der Waals surface area contributed by atoms with Crippen LogP contribution in [0.2, 0.25) is 0 Å². The lowest BCUT2D eigenvalue weighted by Gasteiger charge is -2.35. The van der Waals surface area contributed by atoms with Crippen molar-refractivity contribution in [2.24, 2.45) is 10.4 Å². The van der Waals surface area contributed by atoms with Gasteiger partial charge < -0.3 is 20.6 Å². The van der Waals surface area contributed by atoms with Gasteiger partial charge in [0.2, 0.25) is 0 Å². The van der Waals surface area contributed by atoms with Crippen LogP contribution in [0.3, 0.4) is 0 Å². The quantitative estimate of drug-likeness (QED) is 0.273. The maximum absolute atomic E-state index is 9.49. The van der Waals surface area contributed by atoms with Gasteiger partial charge in [-0.05, 0) is 55.7 Å². The fourth-order valence-corrected chi connectivity index (χ4v) is 3.90. The Balaban J connectivity index is 0.00000392. The van der Waals surface area contributed by atoms with E-state index >= 15 is 0 Å². The van der Waals surface area contributed by atoms with Crippen molar-refractivity contribution in [3.63, 3.8) is 0 Å². The van der Waals surface area contributed by atoms with Gasteiger partial charge in [-0.1, -0.05) is 31.4 Å². The molecule has 0 unspecified atom stereocenters. The Bertz CT molecular complexity index is 563. The Morgan fingerprint density at radius 3 is 2.36 bits per heavy atom. The molecular formula is C22H39IN4O. The molecule has 1 saturated carbocycles. The van der Waals surface area contributed by atoms with Gasteiger partial charge in [0.25, 0.3) is 0 Å². The largest absolute Gasteiger partial charge is 0.396 e. The van der Waals surface area contributed by atoms with Crippen LogP contribution >= 0.6 is 24.0 Å². The van der Waals surface area contributed by atoms with Crippen LogP contribution in [-0.4, -0.2) is 51.4 Å². The Labute approximate surface area is 188 Å². The zero-order chi connectivity index (χ0) is 19.5. The summed E-state index contributed by atoms with van der Waals surface area (Å²) in [6.45, 7) is 4.89. The average Bonchev–Trinajstić information content (AvgIpc) is 2.67. The molecule has 1 aliphatic carbocycles. The summed E-state index contributed by atoms with van der Waals surface area (Å²) in [5, 5.41) is 16.3. The fraction of sp³-hybridized carbons (Fsp3) is 0.682. The second-order valence-corrected chi connectivity index (χ2v) is 7.97. The third-order valence-corrected chi connectivity index (χ3v) is 5.63. The summed E-state index contributed by atoms with van der Waals surface area (Å²) in [5.41, 5.74) is 2.74. The summed E-state index contributed by atoms with van der Waals surface area (Å²) >= 11 is 0. The van der Waals surface area contributed by atoms with Gasteiger partial charge in [0.05, 0.1) is 0 Å². The molecule has 0 bridgehead atoms. The lowest BCUT2D eigenvalue weighted by Crippen LogP contribution is -2.40. The Morgan fingerprint density at radius 2 is 1.79 bits per heavy atom. The number of aliphatic imine (C=N–C) groups is 1. The molecule has 28 heavy (non-hydrogen) atoms. The zero-order valence-corrected chi connectivity index (χ0v) is 20.2. The van der Waals surface area contributed by atoms with Crippen LogP contribution in [0.25, 0.3) is 0 Å². The highest BCUT2D eigenvalue weighted by Crippen LogP contribution is 2.39. The summed E-state index contributed by atoms with van der Waals surface area (Å²) in [5.74, 6) is 0.894. The Morgan fingerprint density at radius 1 is 1.11 bits per heavy atom. The first-order chi connectivity index (χ1) is 13.1. The average molecular weight is 502 g/mol. The van der Waals surface area contributed by atoms with Gasteiger partial charge in [-0.2, -0.15) is 0 Å². The van der Waals surface area contributed by atoms with Crippen molar-refractivity contribution >= 4 is 35.6 Å². The molecule has 6 heteroatoms. The number of hydrogen-bond acceptors (Lipinski definition) is 3. The van der Waals surface area contributed by atoms with Crippen LogP contribution in [-0.2, 0) is 6.42 Å². The minimum absolute atomic E-state index is 0. The van der Waals surface area contributed by atoms with E-state index in [1.807, 2.05) is 0 Å². The van der Waals surface area contributed by atoms with E-state index in [1.54, 1.807) is 0 Å². The molecule has 0 atom stereocenters. The summed E-state index contributed by atoms with van der Waals surface area (Å²) in [7, 11) is 4.12. The number of halogens is 1. The molecule has 1 aromatic rings. The van der Waals surface area contributed by atoms with E-state index in [1.165, 1.54) is 43.4 Å². The molecule has 0 spiro atoms. The van der Waals surface area contributed by atoms with Gasteiger partial charge in [-0.3, -0.25) is 4.99 Å². The van der Waals surface area contributed by atoms with E-state index in [2.05, 4.69) is 60.8 Å². The molecular weight excluding hydrogens is 463 g/mol.